The Morgan fingerprint density at radius 1 is 1.16 bits per heavy atom. The zero-order chi connectivity index (χ0) is 22.7. The van der Waals surface area contributed by atoms with Crippen LogP contribution in [0, 0.1) is 0 Å². The average molecular weight is 434 g/mol. The standard InChI is InChI=1S/C23H22N4O5/c1-32-18-4-2-3-16(11-18)12-24-21(28)19-14-27-20(25-19)9-10-26(23(27)31)13-15-5-7-17(8-6-15)22(29)30/h2-8,11,14H,9-10,12-13H2,1H3,(H,24,28)(H,29,30). The molecule has 0 saturated carbocycles. The number of nitrogens with zero attached hydrogens (tertiary/aromatic N) is 3. The molecule has 0 radical (unpaired) electrons. The third-order valence-corrected chi connectivity index (χ3v) is 5.26. The summed E-state index contributed by atoms with van der Waals surface area (Å²) in [5.74, 6) is -0.110. The summed E-state index contributed by atoms with van der Waals surface area (Å²) in [6, 6.07) is 13.5. The molecule has 0 aliphatic carbocycles. The van der Waals surface area contributed by atoms with Gasteiger partial charge in [0.2, 0.25) is 0 Å². The number of carboxylic acids is 1. The lowest BCUT2D eigenvalue weighted by Gasteiger charge is -2.27. The quantitative estimate of drug-likeness (QED) is 0.591. The van der Waals surface area contributed by atoms with Crippen LogP contribution >= 0.6 is 0 Å². The SMILES string of the molecule is COc1cccc(CNC(=O)c2cn3c(n2)CCN(Cc2ccc(C(=O)O)cc2)C3=O)c1. The maximum Gasteiger partial charge on any atom is 0.335 e. The van der Waals surface area contributed by atoms with Crippen LogP contribution in [0.5, 0.6) is 5.75 Å². The van der Waals surface area contributed by atoms with Crippen molar-refractivity contribution in [1.29, 1.82) is 0 Å². The van der Waals surface area contributed by atoms with Gasteiger partial charge in [0.05, 0.1) is 12.7 Å². The van der Waals surface area contributed by atoms with E-state index >= 15 is 0 Å². The van der Waals surface area contributed by atoms with Crippen molar-refractivity contribution in [3.63, 3.8) is 0 Å². The van der Waals surface area contributed by atoms with Crippen LogP contribution in [0.25, 0.3) is 0 Å². The molecule has 0 bridgehead atoms. The monoisotopic (exact) mass is 434 g/mol. The largest absolute Gasteiger partial charge is 0.497 e. The molecule has 0 fully saturated rings. The summed E-state index contributed by atoms with van der Waals surface area (Å²) < 4.78 is 6.58. The number of amides is 2. The number of carboxylic acid groups (broad SMARTS) is 1. The highest BCUT2D eigenvalue weighted by Gasteiger charge is 2.27. The van der Waals surface area contributed by atoms with Crippen LogP contribution in [0.1, 0.15) is 37.8 Å². The fourth-order valence-electron chi connectivity index (χ4n) is 3.53. The first-order valence-corrected chi connectivity index (χ1v) is 10.1. The summed E-state index contributed by atoms with van der Waals surface area (Å²) in [4.78, 5) is 42.4. The molecule has 32 heavy (non-hydrogen) atoms. The molecule has 1 aliphatic rings. The van der Waals surface area contributed by atoms with E-state index in [9.17, 15) is 14.4 Å². The van der Waals surface area contributed by atoms with Crippen molar-refractivity contribution in [1.82, 2.24) is 19.8 Å². The van der Waals surface area contributed by atoms with E-state index in [0.717, 1.165) is 11.1 Å². The number of hydrogen-bond acceptors (Lipinski definition) is 5. The highest BCUT2D eigenvalue weighted by atomic mass is 16.5. The van der Waals surface area contributed by atoms with Crippen molar-refractivity contribution in [3.8, 4) is 5.75 Å². The predicted octanol–water partition coefficient (Wildman–Crippen LogP) is 2.55. The third kappa shape index (κ3) is 4.46. The van der Waals surface area contributed by atoms with E-state index in [0.29, 0.717) is 37.6 Å². The molecule has 2 amide bonds. The van der Waals surface area contributed by atoms with Gasteiger partial charge in [0.1, 0.15) is 17.3 Å². The molecule has 4 rings (SSSR count). The van der Waals surface area contributed by atoms with Crippen molar-refractivity contribution in [2.75, 3.05) is 13.7 Å². The Bertz CT molecular complexity index is 1170. The van der Waals surface area contributed by atoms with Crippen molar-refractivity contribution in [2.45, 2.75) is 19.5 Å². The Labute approximate surface area is 184 Å². The number of carbonyl (C=O) groups excluding carboxylic acids is 2. The molecular formula is C23H22N4O5. The molecular weight excluding hydrogens is 412 g/mol. The Balaban J connectivity index is 1.41. The Kier molecular flexibility index (Phi) is 5.89. The Morgan fingerprint density at radius 3 is 2.66 bits per heavy atom. The lowest BCUT2D eigenvalue weighted by Crippen LogP contribution is -2.40. The minimum atomic E-state index is -0.995. The van der Waals surface area contributed by atoms with E-state index in [1.54, 1.807) is 24.1 Å². The maximum atomic E-state index is 12.9. The summed E-state index contributed by atoms with van der Waals surface area (Å²) in [6.07, 6.45) is 1.97. The second-order valence-electron chi connectivity index (χ2n) is 7.40. The van der Waals surface area contributed by atoms with Gasteiger partial charge in [-0.1, -0.05) is 24.3 Å². The highest BCUT2D eigenvalue weighted by Crippen LogP contribution is 2.17. The van der Waals surface area contributed by atoms with Gasteiger partial charge in [-0.15, -0.1) is 0 Å². The molecule has 2 heterocycles. The molecule has 3 aromatic rings. The van der Waals surface area contributed by atoms with Crippen molar-refractivity contribution >= 4 is 17.9 Å². The number of carbonyl (C=O) groups is 3. The number of imidazole rings is 1. The topological polar surface area (TPSA) is 114 Å². The van der Waals surface area contributed by atoms with Crippen LogP contribution in [-0.2, 0) is 19.5 Å². The second-order valence-corrected chi connectivity index (χ2v) is 7.40. The Morgan fingerprint density at radius 2 is 1.94 bits per heavy atom. The first-order chi connectivity index (χ1) is 15.4. The lowest BCUT2D eigenvalue weighted by atomic mass is 10.1. The number of nitrogens with one attached hydrogen (secondary N) is 1. The predicted molar refractivity (Wildman–Crippen MR) is 115 cm³/mol. The van der Waals surface area contributed by atoms with Crippen LogP contribution in [-0.4, -0.2) is 51.1 Å². The van der Waals surface area contributed by atoms with E-state index in [1.807, 2.05) is 24.3 Å². The van der Waals surface area contributed by atoms with E-state index < -0.39 is 5.97 Å². The number of rotatable bonds is 7. The lowest BCUT2D eigenvalue weighted by molar-refractivity contribution is 0.0696. The number of benzene rings is 2. The summed E-state index contributed by atoms with van der Waals surface area (Å²) in [6.45, 7) is 1.11. The molecule has 164 valence electrons. The molecule has 0 saturated heterocycles. The van der Waals surface area contributed by atoms with Crippen LogP contribution in [0.15, 0.2) is 54.7 Å². The van der Waals surface area contributed by atoms with E-state index in [1.165, 1.54) is 22.9 Å². The molecule has 0 spiro atoms. The first-order valence-electron chi connectivity index (χ1n) is 10.1. The van der Waals surface area contributed by atoms with Gasteiger partial charge in [-0.05, 0) is 35.4 Å². The first kappa shape index (κ1) is 21.1. The Hall–Kier alpha value is -4.14. The summed E-state index contributed by atoms with van der Waals surface area (Å²) in [5, 5.41) is 11.8. The van der Waals surface area contributed by atoms with Gasteiger partial charge in [0.25, 0.3) is 5.91 Å². The van der Waals surface area contributed by atoms with Gasteiger partial charge in [-0.3, -0.25) is 9.36 Å². The summed E-state index contributed by atoms with van der Waals surface area (Å²) in [7, 11) is 1.58. The van der Waals surface area contributed by atoms with Crippen LogP contribution in [0.3, 0.4) is 0 Å². The van der Waals surface area contributed by atoms with Crippen molar-refractivity contribution in [2.24, 2.45) is 0 Å². The van der Waals surface area contributed by atoms with E-state index in [2.05, 4.69) is 10.3 Å². The molecule has 2 aromatic carbocycles. The maximum absolute atomic E-state index is 12.9. The molecule has 2 N–H and O–H groups in total. The number of ether oxygens (including phenoxy) is 1. The van der Waals surface area contributed by atoms with E-state index in [4.69, 9.17) is 9.84 Å². The van der Waals surface area contributed by atoms with Crippen LogP contribution in [0.4, 0.5) is 4.79 Å². The highest BCUT2D eigenvalue weighted by molar-refractivity contribution is 5.93. The van der Waals surface area contributed by atoms with E-state index in [-0.39, 0.29) is 23.2 Å². The summed E-state index contributed by atoms with van der Waals surface area (Å²) >= 11 is 0. The minimum absolute atomic E-state index is 0.184. The van der Waals surface area contributed by atoms with Crippen molar-refractivity contribution in [3.05, 3.63) is 82.9 Å². The van der Waals surface area contributed by atoms with Crippen LogP contribution < -0.4 is 10.1 Å². The second kappa shape index (κ2) is 8.93. The molecule has 0 atom stereocenters. The number of aromatic nitrogens is 2. The number of hydrogen-bond donors (Lipinski definition) is 2. The summed E-state index contributed by atoms with van der Waals surface area (Å²) in [5.41, 5.74) is 2.09. The number of methoxy groups -OCH3 is 1. The van der Waals surface area contributed by atoms with Crippen molar-refractivity contribution < 1.29 is 24.2 Å². The zero-order valence-electron chi connectivity index (χ0n) is 17.4. The molecule has 1 aliphatic heterocycles. The average Bonchev–Trinajstić information content (AvgIpc) is 3.25. The fraction of sp³-hybridized carbons (Fsp3) is 0.217. The zero-order valence-corrected chi connectivity index (χ0v) is 17.4. The van der Waals surface area contributed by atoms with Gasteiger partial charge < -0.3 is 20.1 Å². The van der Waals surface area contributed by atoms with Gasteiger partial charge in [-0.2, -0.15) is 0 Å². The third-order valence-electron chi connectivity index (χ3n) is 5.26. The molecule has 1 aromatic heterocycles. The van der Waals surface area contributed by atoms with Crippen LogP contribution in [0.2, 0.25) is 0 Å². The van der Waals surface area contributed by atoms with Gasteiger partial charge in [0.15, 0.2) is 0 Å². The smallest absolute Gasteiger partial charge is 0.335 e. The molecule has 0 unspecified atom stereocenters. The van der Waals surface area contributed by atoms with Gasteiger partial charge in [0, 0.05) is 32.3 Å². The van der Waals surface area contributed by atoms with Gasteiger partial charge >= 0.3 is 12.0 Å². The normalized spacial score (nSPS) is 12.9. The number of aromatic carboxylic acids is 1. The fourth-order valence-corrected chi connectivity index (χ4v) is 3.53. The molecule has 9 nitrogen and oxygen atoms in total. The number of fused-ring (bicyclic) bond motifs is 1. The van der Waals surface area contributed by atoms with Gasteiger partial charge in [-0.25, -0.2) is 14.6 Å². The minimum Gasteiger partial charge on any atom is -0.497 e. The molecule has 9 heteroatoms.